The number of nitrogens with one attached hydrogen (secondary N) is 1. The van der Waals surface area contributed by atoms with E-state index < -0.39 is 0 Å². The zero-order chi connectivity index (χ0) is 18.1. The van der Waals surface area contributed by atoms with Crippen LogP contribution in [0.5, 0.6) is 0 Å². The van der Waals surface area contributed by atoms with Crippen molar-refractivity contribution in [1.82, 2.24) is 24.6 Å². The van der Waals surface area contributed by atoms with Crippen molar-refractivity contribution >= 4 is 5.91 Å². The minimum absolute atomic E-state index is 0.107. The van der Waals surface area contributed by atoms with Crippen LogP contribution in [0.1, 0.15) is 57.2 Å². The van der Waals surface area contributed by atoms with E-state index in [4.69, 9.17) is 0 Å². The van der Waals surface area contributed by atoms with Crippen molar-refractivity contribution in [1.29, 1.82) is 0 Å². The molecule has 3 heterocycles. The van der Waals surface area contributed by atoms with E-state index >= 15 is 0 Å². The summed E-state index contributed by atoms with van der Waals surface area (Å²) >= 11 is 0. The number of carbonyl (C=O) groups excluding carboxylic acids is 1. The van der Waals surface area contributed by atoms with Crippen molar-refractivity contribution in [3.63, 3.8) is 0 Å². The monoisotopic (exact) mass is 361 g/mol. The molecule has 4 rings (SSSR count). The maximum atomic E-state index is 12.9. The van der Waals surface area contributed by atoms with Gasteiger partial charge in [0.25, 0.3) is 0 Å². The highest BCUT2D eigenvalue weighted by Gasteiger charge is 2.40. The van der Waals surface area contributed by atoms with Crippen molar-refractivity contribution in [2.24, 2.45) is 13.0 Å². The van der Waals surface area contributed by atoms with Gasteiger partial charge in [-0.15, -0.1) is 0 Å². The topological polar surface area (TPSA) is 72.2 Å². The number of aromatic nitrogens is 3. The van der Waals surface area contributed by atoms with Crippen LogP contribution < -0.4 is 11.0 Å². The van der Waals surface area contributed by atoms with E-state index in [0.29, 0.717) is 13.0 Å². The van der Waals surface area contributed by atoms with Crippen molar-refractivity contribution < 1.29 is 4.79 Å². The van der Waals surface area contributed by atoms with Crippen LogP contribution in [-0.2, 0) is 24.8 Å². The Morgan fingerprint density at radius 1 is 1.19 bits per heavy atom. The lowest BCUT2D eigenvalue weighted by Gasteiger charge is -2.45. The van der Waals surface area contributed by atoms with Gasteiger partial charge in [-0.05, 0) is 45.2 Å². The summed E-state index contributed by atoms with van der Waals surface area (Å²) in [4.78, 5) is 27.6. The Bertz CT molecular complexity index is 710. The van der Waals surface area contributed by atoms with E-state index in [2.05, 4.69) is 15.3 Å². The van der Waals surface area contributed by atoms with Gasteiger partial charge in [0.05, 0.1) is 5.92 Å². The third-order valence-electron chi connectivity index (χ3n) is 6.73. The first-order chi connectivity index (χ1) is 12.6. The van der Waals surface area contributed by atoms with Crippen LogP contribution in [0.25, 0.3) is 0 Å². The Morgan fingerprint density at radius 2 is 1.92 bits per heavy atom. The molecule has 144 valence electrons. The standard InChI is InChI=1S/C19H31N5O2/c1-22-18(26)24-13-15(7-8-16(24)21-22)17(25)20-14-19(9-3-2-4-10-19)23-11-5-6-12-23/h15H,2-14H2,1H3,(H,20,25)/t15-/m1/s1. The van der Waals surface area contributed by atoms with Gasteiger partial charge in [-0.1, -0.05) is 19.3 Å². The van der Waals surface area contributed by atoms with E-state index in [1.807, 2.05) is 0 Å². The van der Waals surface area contributed by atoms with Crippen LogP contribution >= 0.6 is 0 Å². The van der Waals surface area contributed by atoms with E-state index in [1.54, 1.807) is 11.6 Å². The number of fused-ring (bicyclic) bond motifs is 1. The van der Waals surface area contributed by atoms with Gasteiger partial charge in [-0.2, -0.15) is 5.10 Å². The van der Waals surface area contributed by atoms with Gasteiger partial charge in [-0.25, -0.2) is 9.48 Å². The highest BCUT2D eigenvalue weighted by Crippen LogP contribution is 2.35. The average molecular weight is 361 g/mol. The maximum Gasteiger partial charge on any atom is 0.345 e. The van der Waals surface area contributed by atoms with Crippen LogP contribution in [0.3, 0.4) is 0 Å². The summed E-state index contributed by atoms with van der Waals surface area (Å²) < 4.78 is 3.05. The lowest BCUT2D eigenvalue weighted by atomic mass is 9.80. The summed E-state index contributed by atoms with van der Waals surface area (Å²) in [5, 5.41) is 7.53. The van der Waals surface area contributed by atoms with Crippen LogP contribution in [0.15, 0.2) is 4.79 Å². The number of amides is 1. The smallest absolute Gasteiger partial charge is 0.345 e. The molecule has 0 aromatic carbocycles. The van der Waals surface area contributed by atoms with Crippen molar-refractivity contribution in [2.75, 3.05) is 19.6 Å². The van der Waals surface area contributed by atoms with Crippen molar-refractivity contribution in [2.45, 2.75) is 69.9 Å². The normalized spacial score (nSPS) is 25.8. The first kappa shape index (κ1) is 17.8. The molecule has 3 aliphatic rings. The largest absolute Gasteiger partial charge is 0.354 e. The Morgan fingerprint density at radius 3 is 2.65 bits per heavy atom. The predicted octanol–water partition coefficient (Wildman–Crippen LogP) is 1.06. The zero-order valence-electron chi connectivity index (χ0n) is 15.9. The van der Waals surface area contributed by atoms with Gasteiger partial charge in [0, 0.05) is 32.1 Å². The predicted molar refractivity (Wildman–Crippen MR) is 98.9 cm³/mol. The van der Waals surface area contributed by atoms with Crippen molar-refractivity contribution in [3.8, 4) is 0 Å². The second-order valence-electron chi connectivity index (χ2n) is 8.37. The van der Waals surface area contributed by atoms with E-state index in [0.717, 1.165) is 18.8 Å². The van der Waals surface area contributed by atoms with Gasteiger partial charge >= 0.3 is 5.69 Å². The summed E-state index contributed by atoms with van der Waals surface area (Å²) in [6.45, 7) is 3.57. The average Bonchev–Trinajstić information content (AvgIpc) is 3.30. The Kier molecular flexibility index (Phi) is 4.90. The van der Waals surface area contributed by atoms with E-state index in [1.165, 1.54) is 62.7 Å². The number of nitrogens with zero attached hydrogens (tertiary/aromatic N) is 4. The van der Waals surface area contributed by atoms with E-state index in [9.17, 15) is 9.59 Å². The minimum atomic E-state index is -0.122. The summed E-state index contributed by atoms with van der Waals surface area (Å²) in [5.74, 6) is 0.793. The third kappa shape index (κ3) is 3.21. The molecule has 7 nitrogen and oxygen atoms in total. The fourth-order valence-electron chi connectivity index (χ4n) is 5.15. The molecule has 1 aromatic heterocycles. The fourth-order valence-corrected chi connectivity index (χ4v) is 5.15. The molecule has 0 bridgehead atoms. The van der Waals surface area contributed by atoms with Crippen LogP contribution in [-0.4, -0.2) is 50.3 Å². The summed E-state index contributed by atoms with van der Waals surface area (Å²) in [6, 6.07) is 0. The molecule has 1 atom stereocenters. The van der Waals surface area contributed by atoms with Gasteiger partial charge in [-0.3, -0.25) is 14.3 Å². The quantitative estimate of drug-likeness (QED) is 0.870. The summed E-state index contributed by atoms with van der Waals surface area (Å²) in [6.07, 6.45) is 10.3. The summed E-state index contributed by atoms with van der Waals surface area (Å²) in [7, 11) is 1.67. The first-order valence-electron chi connectivity index (χ1n) is 10.2. The zero-order valence-corrected chi connectivity index (χ0v) is 15.9. The lowest BCUT2D eigenvalue weighted by molar-refractivity contribution is -0.126. The Labute approximate surface area is 154 Å². The minimum Gasteiger partial charge on any atom is -0.354 e. The number of likely N-dealkylation sites (tertiary alicyclic amines) is 1. The first-order valence-corrected chi connectivity index (χ1v) is 10.2. The number of hydrogen-bond acceptors (Lipinski definition) is 4. The Hall–Kier alpha value is -1.63. The van der Waals surface area contributed by atoms with Gasteiger partial charge in [0.1, 0.15) is 5.82 Å². The van der Waals surface area contributed by atoms with Crippen LogP contribution in [0.2, 0.25) is 0 Å². The number of carbonyl (C=O) groups is 1. The number of hydrogen-bond donors (Lipinski definition) is 1. The molecule has 0 unspecified atom stereocenters. The number of aryl methyl sites for hydroxylation is 2. The molecule has 1 saturated carbocycles. The molecule has 0 spiro atoms. The van der Waals surface area contributed by atoms with Crippen LogP contribution in [0, 0.1) is 5.92 Å². The molecule has 2 fully saturated rings. The molecule has 26 heavy (non-hydrogen) atoms. The van der Waals surface area contributed by atoms with Crippen molar-refractivity contribution in [3.05, 3.63) is 16.3 Å². The van der Waals surface area contributed by atoms with Gasteiger partial charge in [0.15, 0.2) is 0 Å². The van der Waals surface area contributed by atoms with Gasteiger partial charge < -0.3 is 5.32 Å². The number of rotatable bonds is 4. The van der Waals surface area contributed by atoms with E-state index in [-0.39, 0.29) is 23.1 Å². The highest BCUT2D eigenvalue weighted by atomic mass is 16.2. The lowest BCUT2D eigenvalue weighted by Crippen LogP contribution is -2.56. The maximum absolute atomic E-state index is 12.9. The fraction of sp³-hybridized carbons (Fsp3) is 0.842. The SMILES string of the molecule is Cn1nc2n(c1=O)C[C@H](C(=O)NCC1(N3CCCC3)CCCCC1)CC2. The molecule has 2 aliphatic heterocycles. The molecule has 1 aliphatic carbocycles. The van der Waals surface area contributed by atoms with Crippen LogP contribution in [0.4, 0.5) is 0 Å². The third-order valence-corrected chi connectivity index (χ3v) is 6.73. The summed E-state index contributed by atoms with van der Waals surface area (Å²) in [5.41, 5.74) is 0.0494. The molecule has 0 radical (unpaired) electrons. The molecule has 7 heteroatoms. The molecule has 1 aromatic rings. The Balaban J connectivity index is 1.41. The second-order valence-corrected chi connectivity index (χ2v) is 8.37. The second kappa shape index (κ2) is 7.18. The molecule has 1 saturated heterocycles. The molecule has 1 N–H and O–H groups in total. The molecular formula is C19H31N5O2. The highest BCUT2D eigenvalue weighted by molar-refractivity contribution is 5.78. The molecule has 1 amide bonds. The molecular weight excluding hydrogens is 330 g/mol. The van der Waals surface area contributed by atoms with Gasteiger partial charge in [0.2, 0.25) is 5.91 Å².